The van der Waals surface area contributed by atoms with E-state index in [1.54, 1.807) is 44.3 Å². The molecule has 0 bridgehead atoms. The summed E-state index contributed by atoms with van der Waals surface area (Å²) in [6.07, 6.45) is 5.51. The number of rotatable bonds is 10. The van der Waals surface area contributed by atoms with E-state index in [9.17, 15) is 4.79 Å². The highest BCUT2D eigenvalue weighted by atomic mass is 16.5. The molecule has 0 aliphatic rings. The molecule has 8 heteroatoms. The Morgan fingerprint density at radius 2 is 1.84 bits per heavy atom. The maximum absolute atomic E-state index is 12.5. The molecule has 168 valence electrons. The van der Waals surface area contributed by atoms with E-state index in [-0.39, 0.29) is 12.5 Å². The highest BCUT2D eigenvalue weighted by Crippen LogP contribution is 2.32. The number of benzene rings is 2. The number of nitrogens with zero attached hydrogens (tertiary/aromatic N) is 2. The van der Waals surface area contributed by atoms with E-state index in [2.05, 4.69) is 10.4 Å². The zero-order chi connectivity index (χ0) is 22.9. The van der Waals surface area contributed by atoms with Crippen LogP contribution in [0.4, 0.5) is 5.82 Å². The summed E-state index contributed by atoms with van der Waals surface area (Å²) < 4.78 is 23.5. The minimum Gasteiger partial charge on any atom is -0.493 e. The first kappa shape index (κ1) is 22.7. The molecule has 2 aromatic carbocycles. The van der Waals surface area contributed by atoms with Crippen molar-refractivity contribution in [2.75, 3.05) is 33.3 Å². The summed E-state index contributed by atoms with van der Waals surface area (Å²) in [7, 11) is 4.74. The van der Waals surface area contributed by atoms with Gasteiger partial charge in [-0.1, -0.05) is 30.4 Å². The van der Waals surface area contributed by atoms with Gasteiger partial charge in [0, 0.05) is 11.6 Å². The second-order valence-electron chi connectivity index (χ2n) is 6.77. The normalized spacial score (nSPS) is 10.8. The fourth-order valence-electron chi connectivity index (χ4n) is 3.23. The second-order valence-corrected chi connectivity index (χ2v) is 6.77. The lowest BCUT2D eigenvalue weighted by Gasteiger charge is -2.15. The maximum atomic E-state index is 12.5. The van der Waals surface area contributed by atoms with Crippen molar-refractivity contribution in [3.05, 3.63) is 65.9 Å². The first-order valence-electron chi connectivity index (χ1n) is 10.0. The number of nitrogens with one attached hydrogen (secondary N) is 1. The van der Waals surface area contributed by atoms with Gasteiger partial charge < -0.3 is 24.3 Å². The molecule has 0 aliphatic heterocycles. The number of para-hydroxylation sites is 1. The molecule has 1 aromatic heterocycles. The van der Waals surface area contributed by atoms with E-state index in [0.717, 1.165) is 11.1 Å². The van der Waals surface area contributed by atoms with Crippen molar-refractivity contribution < 1.29 is 23.7 Å². The molecule has 0 unspecified atom stereocenters. The van der Waals surface area contributed by atoms with Crippen molar-refractivity contribution in [2.45, 2.75) is 13.5 Å². The highest BCUT2D eigenvalue weighted by molar-refractivity contribution is 5.91. The summed E-state index contributed by atoms with van der Waals surface area (Å²) >= 11 is 0. The number of hydrogen-bond donors (Lipinski definition) is 1. The van der Waals surface area contributed by atoms with Crippen molar-refractivity contribution in [3.8, 4) is 23.0 Å². The Kier molecular flexibility index (Phi) is 7.75. The summed E-state index contributed by atoms with van der Waals surface area (Å²) in [5, 5.41) is 7.14. The Morgan fingerprint density at radius 3 is 2.56 bits per heavy atom. The van der Waals surface area contributed by atoms with E-state index in [0.29, 0.717) is 35.4 Å². The molecule has 0 spiro atoms. The van der Waals surface area contributed by atoms with Gasteiger partial charge in [0.15, 0.2) is 29.6 Å². The molecule has 1 heterocycles. The minimum atomic E-state index is -0.316. The molecular formula is C24H27N3O5. The largest absolute Gasteiger partial charge is 0.493 e. The number of methoxy groups -OCH3 is 3. The Balaban J connectivity index is 1.66. The summed E-state index contributed by atoms with van der Waals surface area (Å²) in [5.41, 5.74) is 1.85. The van der Waals surface area contributed by atoms with E-state index < -0.39 is 0 Å². The number of allylic oxidation sites excluding steroid dienone is 1. The van der Waals surface area contributed by atoms with Crippen molar-refractivity contribution in [3.63, 3.8) is 0 Å². The van der Waals surface area contributed by atoms with Gasteiger partial charge in [0.1, 0.15) is 5.82 Å². The van der Waals surface area contributed by atoms with Gasteiger partial charge in [-0.15, -0.1) is 0 Å². The third kappa shape index (κ3) is 5.40. The van der Waals surface area contributed by atoms with Crippen LogP contribution in [-0.2, 0) is 11.3 Å². The van der Waals surface area contributed by atoms with Crippen LogP contribution >= 0.6 is 0 Å². The van der Waals surface area contributed by atoms with E-state index >= 15 is 0 Å². The predicted octanol–water partition coefficient (Wildman–Crippen LogP) is 4.01. The molecule has 3 aromatic rings. The molecule has 32 heavy (non-hydrogen) atoms. The quantitative estimate of drug-likeness (QED) is 0.516. The number of carbonyl (C=O) groups is 1. The van der Waals surface area contributed by atoms with Gasteiger partial charge in [-0.25, -0.2) is 4.68 Å². The molecule has 0 saturated heterocycles. The lowest BCUT2D eigenvalue weighted by atomic mass is 10.2. The zero-order valence-corrected chi connectivity index (χ0v) is 18.6. The number of hydrogen-bond acceptors (Lipinski definition) is 6. The molecule has 0 saturated carbocycles. The predicted molar refractivity (Wildman–Crippen MR) is 123 cm³/mol. The molecule has 8 nitrogen and oxygen atoms in total. The molecule has 1 N–H and O–H groups in total. The molecule has 1 amide bonds. The van der Waals surface area contributed by atoms with Crippen LogP contribution in [0.15, 0.2) is 54.7 Å². The average Bonchev–Trinajstić information content (AvgIpc) is 3.24. The number of anilines is 1. The molecular weight excluding hydrogens is 410 g/mol. The van der Waals surface area contributed by atoms with Gasteiger partial charge in [-0.2, -0.15) is 5.10 Å². The summed E-state index contributed by atoms with van der Waals surface area (Å²) in [6, 6.07) is 12.9. The molecule has 0 radical (unpaired) electrons. The van der Waals surface area contributed by atoms with Gasteiger partial charge >= 0.3 is 0 Å². The number of aromatic nitrogens is 2. The first-order valence-corrected chi connectivity index (χ1v) is 10.0. The standard InChI is InChI=1S/C24H27N3O5/c1-5-7-17-10-11-19(21(14-17)30-3)32-16-23(28)26-22-12-13-25-27(22)15-18-8-6-9-20(29-2)24(18)31-4/h5-14H,15-16H2,1-4H3,(H,26,28)/b7-5+. The lowest BCUT2D eigenvalue weighted by molar-refractivity contribution is -0.118. The third-order valence-electron chi connectivity index (χ3n) is 4.69. The van der Waals surface area contributed by atoms with Crippen molar-refractivity contribution in [1.29, 1.82) is 0 Å². The number of ether oxygens (including phenoxy) is 4. The zero-order valence-electron chi connectivity index (χ0n) is 18.6. The van der Waals surface area contributed by atoms with Crippen molar-refractivity contribution in [1.82, 2.24) is 9.78 Å². The van der Waals surface area contributed by atoms with Crippen LogP contribution < -0.4 is 24.3 Å². The van der Waals surface area contributed by atoms with Gasteiger partial charge in [-0.3, -0.25) is 4.79 Å². The van der Waals surface area contributed by atoms with E-state index in [4.69, 9.17) is 18.9 Å². The SMILES string of the molecule is C/C=C/c1ccc(OCC(=O)Nc2ccnn2Cc2cccc(OC)c2OC)c(OC)c1. The second kappa shape index (κ2) is 10.9. The van der Waals surface area contributed by atoms with Crippen LogP contribution in [0.1, 0.15) is 18.1 Å². The van der Waals surface area contributed by atoms with Crippen LogP contribution in [0.2, 0.25) is 0 Å². The Labute approximate surface area is 187 Å². The Bertz CT molecular complexity index is 1090. The van der Waals surface area contributed by atoms with Crippen LogP contribution in [0.5, 0.6) is 23.0 Å². The number of carbonyl (C=O) groups excluding carboxylic acids is 1. The van der Waals surface area contributed by atoms with Gasteiger partial charge in [0.25, 0.3) is 5.91 Å². The van der Waals surface area contributed by atoms with Crippen LogP contribution in [-0.4, -0.2) is 43.6 Å². The van der Waals surface area contributed by atoms with E-state index in [1.165, 1.54) is 0 Å². The molecule has 0 atom stereocenters. The smallest absolute Gasteiger partial charge is 0.263 e. The fourth-order valence-corrected chi connectivity index (χ4v) is 3.23. The number of amides is 1. The van der Waals surface area contributed by atoms with Crippen molar-refractivity contribution in [2.24, 2.45) is 0 Å². The van der Waals surface area contributed by atoms with Gasteiger partial charge in [-0.05, 0) is 30.7 Å². The first-order chi connectivity index (χ1) is 15.6. The topological polar surface area (TPSA) is 83.8 Å². The molecule has 0 fully saturated rings. The summed E-state index contributed by atoms with van der Waals surface area (Å²) in [4.78, 5) is 12.5. The van der Waals surface area contributed by atoms with Crippen LogP contribution in [0.3, 0.4) is 0 Å². The third-order valence-corrected chi connectivity index (χ3v) is 4.69. The Hall–Kier alpha value is -3.94. The Morgan fingerprint density at radius 1 is 1.03 bits per heavy atom. The fraction of sp³-hybridized carbons (Fsp3) is 0.250. The van der Waals surface area contributed by atoms with Crippen molar-refractivity contribution >= 4 is 17.8 Å². The average molecular weight is 437 g/mol. The lowest BCUT2D eigenvalue weighted by Crippen LogP contribution is -2.22. The minimum absolute atomic E-state index is 0.174. The van der Waals surface area contributed by atoms with Gasteiger partial charge in [0.2, 0.25) is 0 Å². The monoisotopic (exact) mass is 437 g/mol. The summed E-state index contributed by atoms with van der Waals surface area (Å²) in [5.74, 6) is 2.53. The molecule has 0 aliphatic carbocycles. The maximum Gasteiger partial charge on any atom is 0.263 e. The summed E-state index contributed by atoms with van der Waals surface area (Å²) in [6.45, 7) is 2.16. The molecule has 3 rings (SSSR count). The van der Waals surface area contributed by atoms with Crippen LogP contribution in [0, 0.1) is 0 Å². The highest BCUT2D eigenvalue weighted by Gasteiger charge is 2.14. The van der Waals surface area contributed by atoms with E-state index in [1.807, 2.05) is 49.4 Å². The van der Waals surface area contributed by atoms with Crippen LogP contribution in [0.25, 0.3) is 6.08 Å². The van der Waals surface area contributed by atoms with Gasteiger partial charge in [0.05, 0.1) is 34.1 Å².